The average Bonchev–Trinajstić information content (AvgIpc) is 2.51. The van der Waals surface area contributed by atoms with Crippen LogP contribution in [0.3, 0.4) is 0 Å². The second-order valence-corrected chi connectivity index (χ2v) is 6.04. The first-order valence-electron chi connectivity index (χ1n) is 7.86. The van der Waals surface area contributed by atoms with Crippen LogP contribution in [0.2, 0.25) is 0 Å². The zero-order valence-electron chi connectivity index (χ0n) is 13.9. The van der Waals surface area contributed by atoms with Crippen molar-refractivity contribution in [3.8, 4) is 0 Å². The first kappa shape index (κ1) is 16.9. The summed E-state index contributed by atoms with van der Waals surface area (Å²) in [5.41, 5.74) is 1.47. The molecule has 0 atom stereocenters. The Hall–Kier alpha value is -2.43. The van der Waals surface area contributed by atoms with Gasteiger partial charge >= 0.3 is 0 Å². The number of amides is 2. The van der Waals surface area contributed by atoms with Crippen LogP contribution in [0.4, 0.5) is 5.69 Å². The van der Waals surface area contributed by atoms with Gasteiger partial charge in [-0.3, -0.25) is 14.6 Å². The molecule has 0 aliphatic rings. The Bertz CT molecular complexity index is 692. The van der Waals surface area contributed by atoms with Crippen molar-refractivity contribution in [3.05, 3.63) is 36.5 Å². The van der Waals surface area contributed by atoms with E-state index in [2.05, 4.69) is 24.1 Å². The number of nitrogens with one attached hydrogen (secondary N) is 1. The fourth-order valence-electron chi connectivity index (χ4n) is 2.47. The second kappa shape index (κ2) is 7.72. The van der Waals surface area contributed by atoms with E-state index in [4.69, 9.17) is 0 Å². The molecule has 5 nitrogen and oxygen atoms in total. The minimum Gasteiger partial charge on any atom is -0.342 e. The van der Waals surface area contributed by atoms with Crippen LogP contribution in [0.1, 0.15) is 27.2 Å². The van der Waals surface area contributed by atoms with Gasteiger partial charge < -0.3 is 10.2 Å². The number of pyridine rings is 1. The summed E-state index contributed by atoms with van der Waals surface area (Å²) >= 11 is 0. The Morgan fingerprint density at radius 3 is 2.65 bits per heavy atom. The third kappa shape index (κ3) is 4.77. The van der Waals surface area contributed by atoms with Crippen LogP contribution in [0.25, 0.3) is 10.9 Å². The average molecular weight is 313 g/mol. The maximum Gasteiger partial charge on any atom is 0.226 e. The molecule has 1 aromatic heterocycles. The van der Waals surface area contributed by atoms with Crippen molar-refractivity contribution in [2.75, 3.05) is 18.4 Å². The molecule has 0 bridgehead atoms. The number of para-hydroxylation sites is 1. The summed E-state index contributed by atoms with van der Waals surface area (Å²) in [4.78, 5) is 29.8. The molecule has 0 saturated carbocycles. The van der Waals surface area contributed by atoms with E-state index < -0.39 is 0 Å². The van der Waals surface area contributed by atoms with Crippen LogP contribution in [0.5, 0.6) is 0 Å². The van der Waals surface area contributed by atoms with Gasteiger partial charge in [0.15, 0.2) is 0 Å². The molecular weight excluding hydrogens is 290 g/mol. The molecule has 2 rings (SSSR count). The highest BCUT2D eigenvalue weighted by Crippen LogP contribution is 2.20. The van der Waals surface area contributed by atoms with E-state index in [1.165, 1.54) is 6.92 Å². The fourth-order valence-corrected chi connectivity index (χ4v) is 2.47. The Morgan fingerprint density at radius 1 is 1.22 bits per heavy atom. The quantitative estimate of drug-likeness (QED) is 0.891. The van der Waals surface area contributed by atoms with Gasteiger partial charge in [0, 0.05) is 38.0 Å². The molecule has 1 N–H and O–H groups in total. The molecule has 1 aromatic carbocycles. The predicted octanol–water partition coefficient (Wildman–Crippen LogP) is 3.07. The van der Waals surface area contributed by atoms with Crippen molar-refractivity contribution in [1.29, 1.82) is 0 Å². The standard InChI is InChI=1S/C18H23N3O2/c1-13(2)12-21(14(3)22)11-9-17(23)20-16-8-4-6-15-7-5-10-19-18(15)16/h4-8,10,13H,9,11-12H2,1-3H3,(H,20,23). The summed E-state index contributed by atoms with van der Waals surface area (Å²) in [6.07, 6.45) is 1.98. The third-order valence-electron chi connectivity index (χ3n) is 3.55. The number of nitrogens with zero attached hydrogens (tertiary/aromatic N) is 2. The minimum atomic E-state index is -0.113. The van der Waals surface area contributed by atoms with Gasteiger partial charge in [-0.05, 0) is 18.1 Å². The van der Waals surface area contributed by atoms with Gasteiger partial charge in [-0.1, -0.05) is 32.0 Å². The molecule has 0 aliphatic heterocycles. The lowest BCUT2D eigenvalue weighted by Gasteiger charge is -2.22. The van der Waals surface area contributed by atoms with Crippen LogP contribution in [-0.4, -0.2) is 34.8 Å². The molecular formula is C18H23N3O2. The number of rotatable bonds is 6. The molecule has 122 valence electrons. The van der Waals surface area contributed by atoms with E-state index in [9.17, 15) is 9.59 Å². The number of carbonyl (C=O) groups excluding carboxylic acids is 2. The van der Waals surface area contributed by atoms with Crippen LogP contribution < -0.4 is 5.32 Å². The number of carbonyl (C=O) groups is 2. The van der Waals surface area contributed by atoms with E-state index in [0.717, 1.165) is 10.9 Å². The van der Waals surface area contributed by atoms with Gasteiger partial charge in [0.2, 0.25) is 11.8 Å². The number of aromatic nitrogens is 1. The Kier molecular flexibility index (Phi) is 5.68. The number of benzene rings is 1. The summed E-state index contributed by atoms with van der Waals surface area (Å²) in [6, 6.07) is 9.51. The lowest BCUT2D eigenvalue weighted by atomic mass is 10.2. The van der Waals surface area contributed by atoms with Gasteiger partial charge in [0.05, 0.1) is 11.2 Å². The molecule has 2 amide bonds. The first-order valence-corrected chi connectivity index (χ1v) is 7.86. The van der Waals surface area contributed by atoms with Crippen LogP contribution in [-0.2, 0) is 9.59 Å². The van der Waals surface area contributed by atoms with Crippen LogP contribution in [0.15, 0.2) is 36.5 Å². The monoisotopic (exact) mass is 313 g/mol. The summed E-state index contributed by atoms with van der Waals surface area (Å²) in [5, 5.41) is 3.88. The van der Waals surface area contributed by atoms with Crippen LogP contribution in [0, 0.1) is 5.92 Å². The van der Waals surface area contributed by atoms with Gasteiger partial charge in [0.25, 0.3) is 0 Å². The summed E-state index contributed by atoms with van der Waals surface area (Å²) in [7, 11) is 0. The van der Waals surface area contributed by atoms with Gasteiger partial charge in [-0.2, -0.15) is 0 Å². The molecule has 1 heterocycles. The first-order chi connectivity index (χ1) is 11.0. The van der Waals surface area contributed by atoms with Crippen molar-refractivity contribution in [2.24, 2.45) is 5.92 Å². The van der Waals surface area contributed by atoms with Crippen molar-refractivity contribution in [1.82, 2.24) is 9.88 Å². The number of hydrogen-bond acceptors (Lipinski definition) is 3. The number of fused-ring (bicyclic) bond motifs is 1. The van der Waals surface area contributed by atoms with E-state index in [1.54, 1.807) is 11.1 Å². The van der Waals surface area contributed by atoms with Gasteiger partial charge in [-0.15, -0.1) is 0 Å². The topological polar surface area (TPSA) is 62.3 Å². The second-order valence-electron chi connectivity index (χ2n) is 6.04. The lowest BCUT2D eigenvalue weighted by Crippen LogP contribution is -2.34. The van der Waals surface area contributed by atoms with Crippen molar-refractivity contribution in [3.63, 3.8) is 0 Å². The Labute approximate surface area is 136 Å². The zero-order chi connectivity index (χ0) is 16.8. The van der Waals surface area contributed by atoms with Crippen molar-refractivity contribution in [2.45, 2.75) is 27.2 Å². The molecule has 0 spiro atoms. The minimum absolute atomic E-state index is 0.00155. The van der Waals surface area contributed by atoms with Crippen LogP contribution >= 0.6 is 0 Å². The maximum atomic E-state index is 12.2. The van der Waals surface area contributed by atoms with Crippen molar-refractivity contribution < 1.29 is 9.59 Å². The summed E-state index contributed by atoms with van der Waals surface area (Å²) in [5.74, 6) is 0.265. The fraction of sp³-hybridized carbons (Fsp3) is 0.389. The summed E-state index contributed by atoms with van der Waals surface area (Å²) in [6.45, 7) is 6.74. The highest BCUT2D eigenvalue weighted by molar-refractivity contribution is 6.00. The maximum absolute atomic E-state index is 12.2. The van der Waals surface area contributed by atoms with E-state index in [0.29, 0.717) is 24.7 Å². The molecule has 0 fully saturated rings. The normalized spacial score (nSPS) is 10.8. The van der Waals surface area contributed by atoms with E-state index in [-0.39, 0.29) is 18.2 Å². The summed E-state index contributed by atoms with van der Waals surface area (Å²) < 4.78 is 0. The highest BCUT2D eigenvalue weighted by atomic mass is 16.2. The van der Waals surface area contributed by atoms with E-state index >= 15 is 0 Å². The molecule has 0 saturated heterocycles. The number of anilines is 1. The Balaban J connectivity index is 2.00. The molecule has 0 aliphatic carbocycles. The lowest BCUT2D eigenvalue weighted by molar-refractivity contribution is -0.129. The molecule has 0 radical (unpaired) electrons. The largest absolute Gasteiger partial charge is 0.342 e. The van der Waals surface area contributed by atoms with Gasteiger partial charge in [0.1, 0.15) is 0 Å². The number of hydrogen-bond donors (Lipinski definition) is 1. The third-order valence-corrected chi connectivity index (χ3v) is 3.55. The van der Waals surface area contributed by atoms with Gasteiger partial charge in [-0.25, -0.2) is 0 Å². The van der Waals surface area contributed by atoms with E-state index in [1.807, 2.05) is 30.3 Å². The zero-order valence-corrected chi connectivity index (χ0v) is 13.9. The predicted molar refractivity (Wildman–Crippen MR) is 92.1 cm³/mol. The highest BCUT2D eigenvalue weighted by Gasteiger charge is 2.13. The molecule has 0 unspecified atom stereocenters. The SMILES string of the molecule is CC(=O)N(CCC(=O)Nc1cccc2cccnc12)CC(C)C. The smallest absolute Gasteiger partial charge is 0.226 e. The van der Waals surface area contributed by atoms with Crippen molar-refractivity contribution >= 4 is 28.4 Å². The molecule has 5 heteroatoms. The molecule has 23 heavy (non-hydrogen) atoms. The molecule has 2 aromatic rings. The Morgan fingerprint density at radius 2 is 1.96 bits per heavy atom.